The second-order valence-corrected chi connectivity index (χ2v) is 7.29. The van der Waals surface area contributed by atoms with E-state index in [9.17, 15) is 13.2 Å². The molecule has 1 atom stereocenters. The lowest BCUT2D eigenvalue weighted by atomic mass is 9.98. The number of carbonyl (C=O) groups excluding carboxylic acids is 1. The van der Waals surface area contributed by atoms with Crippen LogP contribution < -0.4 is 5.32 Å². The van der Waals surface area contributed by atoms with Gasteiger partial charge in [-0.1, -0.05) is 0 Å². The zero-order valence-electron chi connectivity index (χ0n) is 11.5. The second-order valence-electron chi connectivity index (χ2n) is 5.15. The van der Waals surface area contributed by atoms with E-state index in [4.69, 9.17) is 0 Å². The molecule has 0 radical (unpaired) electrons. The van der Waals surface area contributed by atoms with Crippen LogP contribution in [0.5, 0.6) is 0 Å². The largest absolute Gasteiger partial charge is 0.354 e. The number of nitrogens with one attached hydrogen (secondary N) is 1. The standard InChI is InChI=1S/C11H23N3O3S/c1-9(2)12-11(15)10-6-5-7-14(8-10)18(16,17)13(3)4/h9-10H,5-8H2,1-4H3,(H,12,15)/t10-/m1/s1. The van der Waals surface area contributed by atoms with Gasteiger partial charge in [0.05, 0.1) is 5.92 Å². The third-order valence-corrected chi connectivity index (χ3v) is 4.88. The van der Waals surface area contributed by atoms with E-state index in [0.717, 1.165) is 12.8 Å². The highest BCUT2D eigenvalue weighted by atomic mass is 32.2. The van der Waals surface area contributed by atoms with Crippen LogP contribution in [0.1, 0.15) is 26.7 Å². The van der Waals surface area contributed by atoms with Gasteiger partial charge in [-0.3, -0.25) is 4.79 Å². The third kappa shape index (κ3) is 3.66. The molecule has 1 amide bonds. The van der Waals surface area contributed by atoms with Crippen LogP contribution in [0.2, 0.25) is 0 Å². The average Bonchev–Trinajstić information content (AvgIpc) is 2.28. The highest BCUT2D eigenvalue weighted by molar-refractivity contribution is 7.86. The fourth-order valence-electron chi connectivity index (χ4n) is 2.00. The van der Waals surface area contributed by atoms with Crippen molar-refractivity contribution in [3.8, 4) is 0 Å². The van der Waals surface area contributed by atoms with Crippen molar-refractivity contribution in [1.82, 2.24) is 13.9 Å². The number of rotatable bonds is 4. The Hall–Kier alpha value is -0.660. The van der Waals surface area contributed by atoms with E-state index in [2.05, 4.69) is 5.32 Å². The Morgan fingerprint density at radius 3 is 2.50 bits per heavy atom. The maximum Gasteiger partial charge on any atom is 0.281 e. The first-order chi connectivity index (χ1) is 8.25. The van der Waals surface area contributed by atoms with Gasteiger partial charge in [0.1, 0.15) is 0 Å². The quantitative estimate of drug-likeness (QED) is 0.788. The van der Waals surface area contributed by atoms with E-state index in [1.54, 1.807) is 0 Å². The van der Waals surface area contributed by atoms with Gasteiger partial charge in [-0.25, -0.2) is 0 Å². The summed E-state index contributed by atoms with van der Waals surface area (Å²) < 4.78 is 26.6. The van der Waals surface area contributed by atoms with E-state index in [1.165, 1.54) is 22.7 Å². The van der Waals surface area contributed by atoms with Crippen molar-refractivity contribution in [2.45, 2.75) is 32.7 Å². The van der Waals surface area contributed by atoms with Gasteiger partial charge in [-0.15, -0.1) is 0 Å². The van der Waals surface area contributed by atoms with Crippen molar-refractivity contribution < 1.29 is 13.2 Å². The number of nitrogens with zero attached hydrogens (tertiary/aromatic N) is 2. The van der Waals surface area contributed by atoms with Crippen LogP contribution in [-0.2, 0) is 15.0 Å². The number of hydrogen-bond acceptors (Lipinski definition) is 3. The van der Waals surface area contributed by atoms with Crippen molar-refractivity contribution in [3.05, 3.63) is 0 Å². The summed E-state index contributed by atoms with van der Waals surface area (Å²) >= 11 is 0. The first-order valence-electron chi connectivity index (χ1n) is 6.23. The van der Waals surface area contributed by atoms with Gasteiger partial charge < -0.3 is 5.32 Å². The predicted molar refractivity (Wildman–Crippen MR) is 70.2 cm³/mol. The molecule has 1 rings (SSSR count). The predicted octanol–water partition coefficient (Wildman–Crippen LogP) is 0.0294. The molecule has 0 unspecified atom stereocenters. The molecule has 18 heavy (non-hydrogen) atoms. The van der Waals surface area contributed by atoms with Gasteiger partial charge in [0.25, 0.3) is 10.2 Å². The monoisotopic (exact) mass is 277 g/mol. The minimum atomic E-state index is -3.41. The molecule has 1 saturated heterocycles. The Labute approximate surface area is 110 Å². The molecule has 1 N–H and O–H groups in total. The molecule has 0 aliphatic carbocycles. The molecule has 0 aromatic rings. The Balaban J connectivity index is 2.70. The smallest absolute Gasteiger partial charge is 0.281 e. The minimum Gasteiger partial charge on any atom is -0.354 e. The second kappa shape index (κ2) is 5.99. The van der Waals surface area contributed by atoms with E-state index in [0.29, 0.717) is 6.54 Å². The lowest BCUT2D eigenvalue weighted by Crippen LogP contribution is -2.49. The summed E-state index contributed by atoms with van der Waals surface area (Å²) in [6.07, 6.45) is 1.47. The molecule has 6 nitrogen and oxygen atoms in total. The maximum atomic E-state index is 12.0. The van der Waals surface area contributed by atoms with Gasteiger partial charge in [-0.2, -0.15) is 17.0 Å². The molecule has 1 aliphatic rings. The third-order valence-electron chi connectivity index (χ3n) is 2.97. The summed E-state index contributed by atoms with van der Waals surface area (Å²) in [6, 6.07) is 0.0818. The topological polar surface area (TPSA) is 69.7 Å². The molecule has 0 aromatic carbocycles. The summed E-state index contributed by atoms with van der Waals surface area (Å²) in [4.78, 5) is 11.9. The summed E-state index contributed by atoms with van der Waals surface area (Å²) in [7, 11) is -0.394. The van der Waals surface area contributed by atoms with Gasteiger partial charge in [0, 0.05) is 33.2 Å². The number of carbonyl (C=O) groups is 1. The van der Waals surface area contributed by atoms with E-state index < -0.39 is 10.2 Å². The molecule has 106 valence electrons. The average molecular weight is 277 g/mol. The van der Waals surface area contributed by atoms with Gasteiger partial charge in [0.2, 0.25) is 5.91 Å². The highest BCUT2D eigenvalue weighted by Gasteiger charge is 2.33. The molecule has 1 heterocycles. The lowest BCUT2D eigenvalue weighted by molar-refractivity contribution is -0.126. The fourth-order valence-corrected chi connectivity index (χ4v) is 3.19. The normalized spacial score (nSPS) is 22.4. The van der Waals surface area contributed by atoms with Crippen molar-refractivity contribution in [2.24, 2.45) is 5.92 Å². The van der Waals surface area contributed by atoms with Gasteiger partial charge in [-0.05, 0) is 26.7 Å². The molecule has 0 spiro atoms. The number of piperidine rings is 1. The molecule has 1 aliphatic heterocycles. The summed E-state index contributed by atoms with van der Waals surface area (Å²) in [6.45, 7) is 4.56. The number of amides is 1. The first-order valence-corrected chi connectivity index (χ1v) is 7.62. The zero-order chi connectivity index (χ0) is 13.9. The van der Waals surface area contributed by atoms with E-state index in [-0.39, 0.29) is 24.4 Å². The molecule has 1 fully saturated rings. The van der Waals surface area contributed by atoms with Crippen LogP contribution in [0.3, 0.4) is 0 Å². The molecule has 0 aromatic heterocycles. The molecular weight excluding hydrogens is 254 g/mol. The Morgan fingerprint density at radius 1 is 1.39 bits per heavy atom. The van der Waals surface area contributed by atoms with Crippen LogP contribution in [0.25, 0.3) is 0 Å². The SMILES string of the molecule is CC(C)NC(=O)[C@@H]1CCCN(S(=O)(=O)N(C)C)C1. The van der Waals surface area contributed by atoms with E-state index in [1.807, 2.05) is 13.8 Å². The first kappa shape index (κ1) is 15.4. The fraction of sp³-hybridized carbons (Fsp3) is 0.909. The molecule has 7 heteroatoms. The van der Waals surface area contributed by atoms with Crippen LogP contribution in [0, 0.1) is 5.92 Å². The Kier molecular flexibility index (Phi) is 5.12. The van der Waals surface area contributed by atoms with Crippen molar-refractivity contribution in [1.29, 1.82) is 0 Å². The highest BCUT2D eigenvalue weighted by Crippen LogP contribution is 2.20. The molecule has 0 bridgehead atoms. The van der Waals surface area contributed by atoms with Crippen molar-refractivity contribution >= 4 is 16.1 Å². The summed E-state index contributed by atoms with van der Waals surface area (Å²) in [5, 5.41) is 2.84. The number of hydrogen-bond donors (Lipinski definition) is 1. The Morgan fingerprint density at radius 2 is 2.00 bits per heavy atom. The minimum absolute atomic E-state index is 0.0522. The van der Waals surface area contributed by atoms with Crippen LogP contribution in [0.4, 0.5) is 0 Å². The van der Waals surface area contributed by atoms with Gasteiger partial charge >= 0.3 is 0 Å². The van der Waals surface area contributed by atoms with Crippen LogP contribution in [-0.4, -0.2) is 56.2 Å². The zero-order valence-corrected chi connectivity index (χ0v) is 12.3. The maximum absolute atomic E-state index is 12.0. The Bertz CT molecular complexity index is 392. The van der Waals surface area contributed by atoms with Crippen LogP contribution >= 0.6 is 0 Å². The summed E-state index contributed by atoms with van der Waals surface area (Å²) in [5.74, 6) is -0.292. The van der Waals surface area contributed by atoms with Crippen molar-refractivity contribution in [3.63, 3.8) is 0 Å². The summed E-state index contributed by atoms with van der Waals surface area (Å²) in [5.41, 5.74) is 0. The molecular formula is C11H23N3O3S. The van der Waals surface area contributed by atoms with Crippen LogP contribution in [0.15, 0.2) is 0 Å². The van der Waals surface area contributed by atoms with Crippen molar-refractivity contribution in [2.75, 3.05) is 27.2 Å². The molecule has 0 saturated carbocycles. The van der Waals surface area contributed by atoms with E-state index >= 15 is 0 Å². The lowest BCUT2D eigenvalue weighted by Gasteiger charge is -2.33. The van der Waals surface area contributed by atoms with Gasteiger partial charge in [0.15, 0.2) is 0 Å².